The summed E-state index contributed by atoms with van der Waals surface area (Å²) in [5, 5.41) is 0. The van der Waals surface area contributed by atoms with Gasteiger partial charge in [0.15, 0.2) is 0 Å². The summed E-state index contributed by atoms with van der Waals surface area (Å²) in [6.07, 6.45) is 4.28. The fraction of sp³-hybridized carbons (Fsp3) is 0.562. The van der Waals surface area contributed by atoms with Crippen molar-refractivity contribution >= 4 is 11.0 Å². The summed E-state index contributed by atoms with van der Waals surface area (Å²) in [4.78, 5) is 4.73. The molecule has 108 valence electrons. The average Bonchev–Trinajstić information content (AvgIpc) is 2.77. The molecule has 1 saturated carbocycles. The third-order valence-corrected chi connectivity index (χ3v) is 4.33. The van der Waals surface area contributed by atoms with Gasteiger partial charge in [0.25, 0.3) is 0 Å². The quantitative estimate of drug-likeness (QED) is 0.907. The minimum atomic E-state index is -0.219. The van der Waals surface area contributed by atoms with E-state index in [1.165, 1.54) is 12.1 Å². The summed E-state index contributed by atoms with van der Waals surface area (Å²) < 4.78 is 15.7. The zero-order valence-corrected chi connectivity index (χ0v) is 12.1. The number of imidazole rings is 1. The van der Waals surface area contributed by atoms with Crippen LogP contribution >= 0.6 is 0 Å². The van der Waals surface area contributed by atoms with Crippen LogP contribution in [0.5, 0.6) is 0 Å². The number of hydrogen-bond acceptors (Lipinski definition) is 2. The van der Waals surface area contributed by atoms with Crippen molar-refractivity contribution in [3.8, 4) is 0 Å². The Morgan fingerprint density at radius 3 is 2.60 bits per heavy atom. The van der Waals surface area contributed by atoms with Crippen LogP contribution in [0.1, 0.15) is 57.3 Å². The second-order valence-corrected chi connectivity index (χ2v) is 6.18. The number of aromatic nitrogens is 2. The van der Waals surface area contributed by atoms with Gasteiger partial charge in [-0.05, 0) is 51.7 Å². The van der Waals surface area contributed by atoms with E-state index in [-0.39, 0.29) is 5.82 Å². The highest BCUT2D eigenvalue weighted by Gasteiger charge is 2.26. The lowest BCUT2D eigenvalue weighted by atomic mass is 9.86. The Morgan fingerprint density at radius 1 is 1.25 bits per heavy atom. The van der Waals surface area contributed by atoms with E-state index >= 15 is 0 Å². The number of fused-ring (bicyclic) bond motifs is 1. The molecule has 4 heteroatoms. The molecule has 0 bridgehead atoms. The number of nitrogens with zero attached hydrogens (tertiary/aromatic N) is 2. The molecule has 0 unspecified atom stereocenters. The van der Waals surface area contributed by atoms with E-state index in [1.54, 1.807) is 0 Å². The average molecular weight is 275 g/mol. The Bertz CT molecular complexity index is 609. The molecule has 0 radical (unpaired) electrons. The highest BCUT2D eigenvalue weighted by molar-refractivity contribution is 5.76. The van der Waals surface area contributed by atoms with Crippen molar-refractivity contribution < 1.29 is 4.39 Å². The minimum absolute atomic E-state index is 0.219. The van der Waals surface area contributed by atoms with Gasteiger partial charge in [0.05, 0.1) is 11.0 Å². The first-order valence-corrected chi connectivity index (χ1v) is 7.49. The SMILES string of the molecule is CC(C)n1c(C2CCC(N)CC2)nc2cc(F)ccc21. The van der Waals surface area contributed by atoms with Crippen molar-refractivity contribution in [3.05, 3.63) is 29.8 Å². The monoisotopic (exact) mass is 275 g/mol. The molecular weight excluding hydrogens is 253 g/mol. The highest BCUT2D eigenvalue weighted by atomic mass is 19.1. The Morgan fingerprint density at radius 2 is 1.95 bits per heavy atom. The van der Waals surface area contributed by atoms with Crippen LogP contribution in [0.4, 0.5) is 4.39 Å². The van der Waals surface area contributed by atoms with Gasteiger partial charge >= 0.3 is 0 Å². The third-order valence-electron chi connectivity index (χ3n) is 4.33. The van der Waals surface area contributed by atoms with E-state index < -0.39 is 0 Å². The second kappa shape index (κ2) is 5.17. The number of halogens is 1. The first-order valence-electron chi connectivity index (χ1n) is 7.49. The molecule has 0 amide bonds. The maximum atomic E-state index is 13.4. The van der Waals surface area contributed by atoms with E-state index in [1.807, 2.05) is 6.07 Å². The zero-order valence-electron chi connectivity index (χ0n) is 12.1. The molecule has 2 aromatic rings. The van der Waals surface area contributed by atoms with Gasteiger partial charge in [-0.3, -0.25) is 0 Å². The van der Waals surface area contributed by atoms with Gasteiger partial charge in [0.1, 0.15) is 11.6 Å². The van der Waals surface area contributed by atoms with Gasteiger partial charge in [0.2, 0.25) is 0 Å². The molecule has 3 nitrogen and oxygen atoms in total. The molecule has 0 aliphatic heterocycles. The predicted molar refractivity (Wildman–Crippen MR) is 79.3 cm³/mol. The van der Waals surface area contributed by atoms with Gasteiger partial charge in [0, 0.05) is 24.1 Å². The van der Waals surface area contributed by atoms with Crippen molar-refractivity contribution in [2.75, 3.05) is 0 Å². The molecule has 1 aliphatic carbocycles. The lowest BCUT2D eigenvalue weighted by Crippen LogP contribution is -2.27. The molecule has 0 spiro atoms. The second-order valence-electron chi connectivity index (χ2n) is 6.18. The maximum Gasteiger partial charge on any atom is 0.125 e. The summed E-state index contributed by atoms with van der Waals surface area (Å²) in [5.74, 6) is 1.34. The van der Waals surface area contributed by atoms with Crippen LogP contribution in [0.15, 0.2) is 18.2 Å². The summed E-state index contributed by atoms with van der Waals surface area (Å²) in [7, 11) is 0. The Kier molecular flexibility index (Phi) is 3.50. The first kappa shape index (κ1) is 13.6. The van der Waals surface area contributed by atoms with Gasteiger partial charge in [-0.2, -0.15) is 0 Å². The van der Waals surface area contributed by atoms with Gasteiger partial charge < -0.3 is 10.3 Å². The molecular formula is C16H22FN3. The molecule has 1 fully saturated rings. The van der Waals surface area contributed by atoms with Crippen LogP contribution in [0.25, 0.3) is 11.0 Å². The number of nitrogens with two attached hydrogens (primary N) is 1. The van der Waals surface area contributed by atoms with E-state index in [9.17, 15) is 4.39 Å². The molecule has 1 aliphatic rings. The van der Waals surface area contributed by atoms with E-state index in [0.29, 0.717) is 18.0 Å². The smallest absolute Gasteiger partial charge is 0.125 e. The molecule has 1 aromatic heterocycles. The third kappa shape index (κ3) is 2.33. The van der Waals surface area contributed by atoms with Crippen molar-refractivity contribution in [2.24, 2.45) is 5.73 Å². The lowest BCUT2D eigenvalue weighted by Gasteiger charge is -2.27. The first-order chi connectivity index (χ1) is 9.56. The number of rotatable bonds is 2. The Labute approximate surface area is 119 Å². The largest absolute Gasteiger partial charge is 0.328 e. The van der Waals surface area contributed by atoms with Gasteiger partial charge in [-0.25, -0.2) is 9.37 Å². The summed E-state index contributed by atoms with van der Waals surface area (Å²) >= 11 is 0. The number of hydrogen-bond donors (Lipinski definition) is 1. The summed E-state index contributed by atoms with van der Waals surface area (Å²) in [6.45, 7) is 4.31. The van der Waals surface area contributed by atoms with Crippen LogP contribution in [-0.4, -0.2) is 15.6 Å². The standard InChI is InChI=1S/C16H22FN3/c1-10(2)20-15-8-5-12(17)9-14(15)19-16(20)11-3-6-13(18)7-4-11/h5,8-11,13H,3-4,6-7,18H2,1-2H3. The van der Waals surface area contributed by atoms with Crippen molar-refractivity contribution in [3.63, 3.8) is 0 Å². The molecule has 2 N–H and O–H groups in total. The van der Waals surface area contributed by atoms with Crippen LogP contribution in [0, 0.1) is 5.82 Å². The molecule has 1 aromatic carbocycles. The molecule has 0 atom stereocenters. The fourth-order valence-electron chi connectivity index (χ4n) is 3.30. The fourth-order valence-corrected chi connectivity index (χ4v) is 3.30. The molecule has 3 rings (SSSR count). The van der Waals surface area contributed by atoms with E-state index in [0.717, 1.165) is 42.5 Å². The van der Waals surface area contributed by atoms with Crippen LogP contribution < -0.4 is 5.73 Å². The van der Waals surface area contributed by atoms with Crippen LogP contribution in [0.3, 0.4) is 0 Å². The summed E-state index contributed by atoms with van der Waals surface area (Å²) in [5.41, 5.74) is 7.79. The molecule has 1 heterocycles. The lowest BCUT2D eigenvalue weighted by molar-refractivity contribution is 0.372. The van der Waals surface area contributed by atoms with Crippen molar-refractivity contribution in [1.82, 2.24) is 9.55 Å². The minimum Gasteiger partial charge on any atom is -0.328 e. The zero-order chi connectivity index (χ0) is 14.3. The van der Waals surface area contributed by atoms with Gasteiger partial charge in [-0.1, -0.05) is 0 Å². The van der Waals surface area contributed by atoms with Crippen LogP contribution in [-0.2, 0) is 0 Å². The van der Waals surface area contributed by atoms with Crippen molar-refractivity contribution in [1.29, 1.82) is 0 Å². The number of benzene rings is 1. The van der Waals surface area contributed by atoms with E-state index in [2.05, 4.69) is 18.4 Å². The van der Waals surface area contributed by atoms with Gasteiger partial charge in [-0.15, -0.1) is 0 Å². The maximum absolute atomic E-state index is 13.4. The molecule has 20 heavy (non-hydrogen) atoms. The normalized spacial score (nSPS) is 23.6. The predicted octanol–water partition coefficient (Wildman–Crippen LogP) is 3.74. The Balaban J connectivity index is 2.07. The van der Waals surface area contributed by atoms with Crippen LogP contribution in [0.2, 0.25) is 0 Å². The highest BCUT2D eigenvalue weighted by Crippen LogP contribution is 2.35. The molecule has 0 saturated heterocycles. The topological polar surface area (TPSA) is 43.8 Å². The summed E-state index contributed by atoms with van der Waals surface area (Å²) in [6, 6.07) is 5.56. The Hall–Kier alpha value is -1.42. The van der Waals surface area contributed by atoms with E-state index in [4.69, 9.17) is 10.7 Å². The van der Waals surface area contributed by atoms with Crippen molar-refractivity contribution in [2.45, 2.75) is 57.5 Å².